The molecule has 0 aliphatic carbocycles. The molecular weight excluding hydrogens is 318 g/mol. The molecule has 0 radical (unpaired) electrons. The van der Waals surface area contributed by atoms with E-state index in [4.69, 9.17) is 0 Å². The molecule has 0 amide bonds. The van der Waals surface area contributed by atoms with E-state index in [2.05, 4.69) is 52.8 Å². The Bertz CT molecular complexity index is 752. The van der Waals surface area contributed by atoms with Gasteiger partial charge in [0.15, 0.2) is 0 Å². The Balaban J connectivity index is 2.25. The number of rotatable bonds is 1. The number of H-pyrrole nitrogens is 1. The minimum absolute atomic E-state index is 0.0229. The fourth-order valence-electron chi connectivity index (χ4n) is 2.84. The molecular formula is C15H18BrN3O. The lowest BCUT2D eigenvalue weighted by Gasteiger charge is -2.26. The predicted molar refractivity (Wildman–Crippen MR) is 84.7 cm³/mol. The van der Waals surface area contributed by atoms with Gasteiger partial charge in [-0.3, -0.25) is 4.57 Å². The van der Waals surface area contributed by atoms with E-state index in [9.17, 15) is 4.79 Å². The van der Waals surface area contributed by atoms with Crippen molar-refractivity contribution in [3.05, 3.63) is 44.4 Å². The summed E-state index contributed by atoms with van der Waals surface area (Å²) in [5, 5.41) is 0. The molecule has 1 aromatic heterocycles. The molecule has 20 heavy (non-hydrogen) atoms. The molecule has 0 fully saturated rings. The van der Waals surface area contributed by atoms with E-state index in [1.54, 1.807) is 0 Å². The lowest BCUT2D eigenvalue weighted by Crippen LogP contribution is -2.32. The van der Waals surface area contributed by atoms with Crippen molar-refractivity contribution in [2.75, 3.05) is 0 Å². The van der Waals surface area contributed by atoms with Gasteiger partial charge in [-0.25, -0.2) is 4.79 Å². The highest BCUT2D eigenvalue weighted by Crippen LogP contribution is 2.30. The molecule has 1 aliphatic heterocycles. The van der Waals surface area contributed by atoms with Gasteiger partial charge in [0.25, 0.3) is 0 Å². The second-order valence-corrected chi connectivity index (χ2v) is 6.55. The van der Waals surface area contributed by atoms with Crippen molar-refractivity contribution in [1.29, 1.82) is 0 Å². The maximum atomic E-state index is 12.2. The molecule has 0 spiro atoms. The van der Waals surface area contributed by atoms with Crippen molar-refractivity contribution in [2.24, 2.45) is 0 Å². The van der Waals surface area contributed by atoms with Gasteiger partial charge in [0, 0.05) is 29.2 Å². The van der Waals surface area contributed by atoms with Crippen LogP contribution in [0.15, 0.2) is 33.2 Å². The number of imidazole rings is 1. The minimum atomic E-state index is -0.0229. The van der Waals surface area contributed by atoms with Crippen molar-refractivity contribution in [3.8, 4) is 0 Å². The Labute approximate surface area is 126 Å². The first-order valence-electron chi connectivity index (χ1n) is 6.78. The number of hydrogen-bond donors (Lipinski definition) is 1. The monoisotopic (exact) mass is 335 g/mol. The molecule has 106 valence electrons. The van der Waals surface area contributed by atoms with Crippen molar-refractivity contribution in [3.63, 3.8) is 0 Å². The van der Waals surface area contributed by atoms with Gasteiger partial charge in [-0.05, 0) is 39.1 Å². The van der Waals surface area contributed by atoms with Crippen molar-refractivity contribution < 1.29 is 0 Å². The highest BCUT2D eigenvalue weighted by molar-refractivity contribution is 9.10. The first kappa shape index (κ1) is 13.5. The zero-order valence-electron chi connectivity index (χ0n) is 11.9. The van der Waals surface area contributed by atoms with E-state index in [1.165, 1.54) is 11.1 Å². The summed E-state index contributed by atoms with van der Waals surface area (Å²) in [7, 11) is 0. The Hall–Kier alpha value is -1.49. The first-order chi connectivity index (χ1) is 9.47. The number of allylic oxidation sites excluding steroid dienone is 1. The Morgan fingerprint density at radius 3 is 2.90 bits per heavy atom. The predicted octanol–water partition coefficient (Wildman–Crippen LogP) is 3.22. The minimum Gasteiger partial charge on any atom is -0.369 e. The molecule has 0 saturated heterocycles. The van der Waals surface area contributed by atoms with Crippen molar-refractivity contribution in [1.82, 2.24) is 14.5 Å². The third-order valence-electron chi connectivity index (χ3n) is 3.76. The van der Waals surface area contributed by atoms with Crippen LogP contribution in [-0.4, -0.2) is 20.5 Å². The maximum Gasteiger partial charge on any atom is 0.326 e. The lowest BCUT2D eigenvalue weighted by atomic mass is 10.1. The zero-order valence-corrected chi connectivity index (χ0v) is 13.5. The van der Waals surface area contributed by atoms with Crippen LogP contribution in [0.4, 0.5) is 0 Å². The number of halogens is 1. The average Bonchev–Trinajstić information content (AvgIpc) is 2.59. The van der Waals surface area contributed by atoms with Gasteiger partial charge >= 0.3 is 5.69 Å². The second-order valence-electron chi connectivity index (χ2n) is 5.69. The van der Waals surface area contributed by atoms with Gasteiger partial charge in [0.2, 0.25) is 0 Å². The van der Waals surface area contributed by atoms with Crippen LogP contribution in [0, 0.1) is 0 Å². The molecule has 0 bridgehead atoms. The van der Waals surface area contributed by atoms with Crippen LogP contribution >= 0.6 is 15.9 Å². The quantitative estimate of drug-likeness (QED) is 0.869. The molecule has 1 aromatic carbocycles. The van der Waals surface area contributed by atoms with E-state index < -0.39 is 0 Å². The molecule has 2 aromatic rings. The Kier molecular flexibility index (Phi) is 3.24. The number of aromatic nitrogens is 2. The molecule has 2 heterocycles. The molecule has 1 aliphatic rings. The number of nitrogens with one attached hydrogen (secondary N) is 1. The summed E-state index contributed by atoms with van der Waals surface area (Å²) < 4.78 is 2.91. The highest BCUT2D eigenvalue weighted by Gasteiger charge is 2.23. The molecule has 0 saturated carbocycles. The topological polar surface area (TPSA) is 41.0 Å². The van der Waals surface area contributed by atoms with Gasteiger partial charge in [0.05, 0.1) is 11.0 Å². The Morgan fingerprint density at radius 1 is 1.45 bits per heavy atom. The third kappa shape index (κ3) is 2.10. The van der Waals surface area contributed by atoms with Crippen LogP contribution in [-0.2, 0) is 13.1 Å². The van der Waals surface area contributed by atoms with Crippen LogP contribution in [0.3, 0.4) is 0 Å². The van der Waals surface area contributed by atoms with Crippen LogP contribution in [0.5, 0.6) is 0 Å². The molecule has 5 heteroatoms. The molecule has 3 rings (SSSR count). The van der Waals surface area contributed by atoms with Gasteiger partial charge in [-0.2, -0.15) is 0 Å². The normalized spacial score (nSPS) is 18.2. The number of aromatic amines is 1. The highest BCUT2D eigenvalue weighted by atomic mass is 79.9. The summed E-state index contributed by atoms with van der Waals surface area (Å²) in [5.41, 5.74) is 4.36. The standard InChI is InChI=1S/C15H18BrN3O/c1-9(2)6-18-8-11-12(16)4-5-13-14(11)19(7-10(18)3)15(20)17-13/h4-6,10H,7-8H2,1-3H3,(H,17,20)/t10-/m0/s1. The largest absolute Gasteiger partial charge is 0.369 e. The third-order valence-corrected chi connectivity index (χ3v) is 4.50. The van der Waals surface area contributed by atoms with Crippen molar-refractivity contribution in [2.45, 2.75) is 39.9 Å². The molecule has 4 nitrogen and oxygen atoms in total. The van der Waals surface area contributed by atoms with E-state index in [1.807, 2.05) is 16.7 Å². The molecule has 0 unspecified atom stereocenters. The molecule has 1 N–H and O–H groups in total. The van der Waals surface area contributed by atoms with Crippen LogP contribution in [0.25, 0.3) is 11.0 Å². The fraction of sp³-hybridized carbons (Fsp3) is 0.400. The van der Waals surface area contributed by atoms with Gasteiger partial charge in [-0.1, -0.05) is 21.5 Å². The van der Waals surface area contributed by atoms with E-state index in [-0.39, 0.29) is 11.7 Å². The second kappa shape index (κ2) is 4.81. The zero-order chi connectivity index (χ0) is 14.4. The van der Waals surface area contributed by atoms with E-state index >= 15 is 0 Å². The van der Waals surface area contributed by atoms with Gasteiger partial charge in [0.1, 0.15) is 0 Å². The smallest absolute Gasteiger partial charge is 0.326 e. The average molecular weight is 336 g/mol. The van der Waals surface area contributed by atoms with E-state index in [0.29, 0.717) is 6.54 Å². The van der Waals surface area contributed by atoms with Gasteiger partial charge < -0.3 is 9.88 Å². The lowest BCUT2D eigenvalue weighted by molar-refractivity contribution is 0.266. The van der Waals surface area contributed by atoms with Crippen molar-refractivity contribution >= 4 is 27.0 Å². The number of nitrogens with zero attached hydrogens (tertiary/aromatic N) is 2. The molecule has 1 atom stereocenters. The SMILES string of the molecule is CC(C)=CN1Cc2c(Br)ccc3[nH]c(=O)n(c23)C[C@@H]1C. The van der Waals surface area contributed by atoms with Gasteiger partial charge in [-0.15, -0.1) is 0 Å². The summed E-state index contributed by atoms with van der Waals surface area (Å²) in [6.07, 6.45) is 2.18. The number of benzene rings is 1. The van der Waals surface area contributed by atoms with E-state index in [0.717, 1.165) is 22.1 Å². The van der Waals surface area contributed by atoms with Crippen LogP contribution in [0.1, 0.15) is 26.3 Å². The van der Waals surface area contributed by atoms with Crippen LogP contribution < -0.4 is 5.69 Å². The summed E-state index contributed by atoms with van der Waals surface area (Å²) in [5.74, 6) is 0. The Morgan fingerprint density at radius 2 is 2.20 bits per heavy atom. The first-order valence-corrected chi connectivity index (χ1v) is 7.57. The summed E-state index contributed by atoms with van der Waals surface area (Å²) in [4.78, 5) is 17.4. The number of hydrogen-bond acceptors (Lipinski definition) is 2. The van der Waals surface area contributed by atoms with Crippen LogP contribution in [0.2, 0.25) is 0 Å². The summed E-state index contributed by atoms with van der Waals surface area (Å²) in [6.45, 7) is 7.86. The maximum absolute atomic E-state index is 12.2. The summed E-state index contributed by atoms with van der Waals surface area (Å²) in [6, 6.07) is 4.25. The summed E-state index contributed by atoms with van der Waals surface area (Å²) >= 11 is 3.63. The fourth-order valence-corrected chi connectivity index (χ4v) is 3.29.